The highest BCUT2D eigenvalue weighted by molar-refractivity contribution is 7.92. The monoisotopic (exact) mass is 398 g/mol. The molecule has 1 heterocycles. The highest BCUT2D eigenvalue weighted by Crippen LogP contribution is 2.36. The lowest BCUT2D eigenvalue weighted by Gasteiger charge is -2.16. The first-order chi connectivity index (χ1) is 12.6. The Morgan fingerprint density at radius 3 is 2.44 bits per heavy atom. The van der Waals surface area contributed by atoms with Gasteiger partial charge in [-0.05, 0) is 24.3 Å². The van der Waals surface area contributed by atoms with Gasteiger partial charge in [-0.2, -0.15) is 5.26 Å². The molecule has 1 N–H and O–H groups in total. The Balaban J connectivity index is 2.33. The van der Waals surface area contributed by atoms with E-state index in [4.69, 9.17) is 5.26 Å². The van der Waals surface area contributed by atoms with E-state index in [1.807, 2.05) is 0 Å². The number of alkyl halides is 3. The number of halogens is 5. The first-order valence-corrected chi connectivity index (χ1v) is 8.32. The second-order valence-electron chi connectivity index (χ2n) is 5.39. The van der Waals surface area contributed by atoms with Crippen molar-refractivity contribution >= 4 is 22.1 Å². The van der Waals surface area contributed by atoms with E-state index in [0.29, 0.717) is 6.07 Å². The smallest absolute Gasteiger partial charge is 0.578 e. The number of nitrogens with one attached hydrogen (secondary N) is 1. The standard InChI is InChI=1S/C17H7F5N2O2S/c18-9-4-11(19)16-13(5-9)24-12(6-14(16)25)10-3-8(7-23)1-2-15(10)27(26)17(20,21)22/h1-6H,(H,24,25). The number of pyridine rings is 1. The lowest BCUT2D eigenvalue weighted by atomic mass is 10.1. The molecule has 27 heavy (non-hydrogen) atoms. The summed E-state index contributed by atoms with van der Waals surface area (Å²) in [5.41, 5.74) is -6.95. The summed E-state index contributed by atoms with van der Waals surface area (Å²) in [6.07, 6.45) is 0. The van der Waals surface area contributed by atoms with Gasteiger partial charge in [-0.15, -0.1) is 13.2 Å². The van der Waals surface area contributed by atoms with Crippen LogP contribution in [-0.4, -0.2) is 15.0 Å². The molecule has 0 aliphatic heterocycles. The maximum atomic E-state index is 13.8. The Morgan fingerprint density at radius 1 is 1.11 bits per heavy atom. The topological polar surface area (TPSA) is 79.7 Å². The number of rotatable bonds is 2. The van der Waals surface area contributed by atoms with Gasteiger partial charge in [0.15, 0.2) is 10.3 Å². The fourth-order valence-electron chi connectivity index (χ4n) is 2.55. The molecule has 1 atom stereocenters. The van der Waals surface area contributed by atoms with Gasteiger partial charge in [-0.3, -0.25) is 4.79 Å². The lowest BCUT2D eigenvalue weighted by molar-refractivity contribution is -0.0435. The van der Waals surface area contributed by atoms with Crippen molar-refractivity contribution in [1.29, 1.82) is 5.26 Å². The number of benzene rings is 2. The summed E-state index contributed by atoms with van der Waals surface area (Å²) in [6, 6.07) is 6.73. The Kier molecular flexibility index (Phi) is 4.67. The van der Waals surface area contributed by atoms with Crippen molar-refractivity contribution in [3.63, 3.8) is 0 Å². The first kappa shape index (κ1) is 18.9. The van der Waals surface area contributed by atoms with Crippen molar-refractivity contribution in [2.24, 2.45) is 0 Å². The van der Waals surface area contributed by atoms with Gasteiger partial charge < -0.3 is 9.54 Å². The van der Waals surface area contributed by atoms with Crippen molar-refractivity contribution in [3.8, 4) is 17.3 Å². The predicted molar refractivity (Wildman–Crippen MR) is 87.1 cm³/mol. The summed E-state index contributed by atoms with van der Waals surface area (Å²) in [4.78, 5) is 14.0. The van der Waals surface area contributed by atoms with Crippen LogP contribution in [0.15, 0.2) is 46.1 Å². The van der Waals surface area contributed by atoms with Gasteiger partial charge in [-0.25, -0.2) is 8.78 Å². The van der Waals surface area contributed by atoms with Crippen molar-refractivity contribution in [2.45, 2.75) is 10.4 Å². The van der Waals surface area contributed by atoms with E-state index in [1.54, 1.807) is 6.07 Å². The third kappa shape index (κ3) is 3.51. The molecule has 10 heteroatoms. The molecule has 2 aromatic carbocycles. The summed E-state index contributed by atoms with van der Waals surface area (Å²) < 4.78 is 77.8. The molecule has 3 rings (SSSR count). The molecular weight excluding hydrogens is 391 g/mol. The average Bonchev–Trinajstić information content (AvgIpc) is 2.58. The van der Waals surface area contributed by atoms with E-state index in [-0.39, 0.29) is 22.3 Å². The second-order valence-corrected chi connectivity index (χ2v) is 6.83. The van der Waals surface area contributed by atoms with Gasteiger partial charge in [0.05, 0.1) is 45.0 Å². The van der Waals surface area contributed by atoms with E-state index in [1.165, 1.54) is 0 Å². The largest absolute Gasteiger partial charge is 0.604 e. The molecule has 0 aliphatic rings. The van der Waals surface area contributed by atoms with Gasteiger partial charge in [-0.1, -0.05) is 0 Å². The maximum absolute atomic E-state index is 13.8. The van der Waals surface area contributed by atoms with Crippen molar-refractivity contribution in [1.82, 2.24) is 4.98 Å². The normalized spacial score (nSPS) is 12.8. The minimum Gasteiger partial charge on any atom is -0.604 e. The molecule has 0 spiro atoms. The molecule has 4 nitrogen and oxygen atoms in total. The van der Waals surface area contributed by atoms with Crippen LogP contribution < -0.4 is 5.43 Å². The molecule has 1 unspecified atom stereocenters. The molecule has 0 bridgehead atoms. The number of H-pyrrole nitrogens is 1. The number of nitrogens with zero attached hydrogens (tertiary/aromatic N) is 1. The fourth-order valence-corrected chi connectivity index (χ4v) is 3.36. The molecule has 0 fully saturated rings. The maximum Gasteiger partial charge on any atom is 0.578 e. The zero-order valence-electron chi connectivity index (χ0n) is 13.0. The Labute approximate surface area is 151 Å². The summed E-state index contributed by atoms with van der Waals surface area (Å²) in [7, 11) is 0. The van der Waals surface area contributed by atoms with E-state index in [9.17, 15) is 31.3 Å². The highest BCUT2D eigenvalue weighted by atomic mass is 32.2. The van der Waals surface area contributed by atoms with Crippen molar-refractivity contribution in [3.05, 3.63) is 63.8 Å². The van der Waals surface area contributed by atoms with Crippen LogP contribution in [0.3, 0.4) is 0 Å². The van der Waals surface area contributed by atoms with Crippen LogP contribution >= 0.6 is 0 Å². The van der Waals surface area contributed by atoms with Crippen LogP contribution in [0.4, 0.5) is 22.0 Å². The predicted octanol–water partition coefficient (Wildman–Crippen LogP) is 3.97. The Bertz CT molecular complexity index is 1150. The summed E-state index contributed by atoms with van der Waals surface area (Å²) in [5.74, 6) is -2.14. The quantitative estimate of drug-likeness (QED) is 0.524. The second kappa shape index (κ2) is 6.68. The first-order valence-electron chi connectivity index (χ1n) is 7.17. The van der Waals surface area contributed by atoms with Gasteiger partial charge in [0.2, 0.25) is 0 Å². The molecule has 0 aliphatic carbocycles. The number of hydrogen-bond acceptors (Lipinski definition) is 3. The van der Waals surface area contributed by atoms with Gasteiger partial charge in [0.1, 0.15) is 11.6 Å². The molecule has 3 aromatic rings. The van der Waals surface area contributed by atoms with E-state index >= 15 is 0 Å². The van der Waals surface area contributed by atoms with Crippen LogP contribution in [0.2, 0.25) is 0 Å². The number of fused-ring (bicyclic) bond motifs is 1. The minimum atomic E-state index is -5.09. The number of aromatic nitrogens is 1. The van der Waals surface area contributed by atoms with Crippen LogP contribution in [0.1, 0.15) is 5.56 Å². The highest BCUT2D eigenvalue weighted by Gasteiger charge is 2.47. The van der Waals surface area contributed by atoms with Gasteiger partial charge in [0, 0.05) is 12.1 Å². The van der Waals surface area contributed by atoms with Crippen LogP contribution in [0.25, 0.3) is 22.2 Å². The SMILES string of the molecule is N#Cc1ccc([S+]([O-])C(F)(F)F)c(-c2cc(=O)c3c(F)cc(F)cc3[nH]2)c1. The molecule has 0 saturated heterocycles. The van der Waals surface area contributed by atoms with Gasteiger partial charge in [0.25, 0.3) is 0 Å². The van der Waals surface area contributed by atoms with E-state index in [0.717, 1.165) is 30.3 Å². The van der Waals surface area contributed by atoms with Crippen LogP contribution in [0, 0.1) is 23.0 Å². The Morgan fingerprint density at radius 2 is 1.81 bits per heavy atom. The van der Waals surface area contributed by atoms with Crippen molar-refractivity contribution in [2.75, 3.05) is 0 Å². The lowest BCUT2D eigenvalue weighted by Crippen LogP contribution is -2.24. The summed E-state index contributed by atoms with van der Waals surface area (Å²) in [5, 5.41) is 8.50. The summed E-state index contributed by atoms with van der Waals surface area (Å²) in [6.45, 7) is 0. The molecular formula is C17H7F5N2O2S. The molecule has 0 saturated carbocycles. The molecule has 0 amide bonds. The zero-order chi connectivity index (χ0) is 19.9. The van der Waals surface area contributed by atoms with E-state index < -0.39 is 44.0 Å². The molecule has 0 radical (unpaired) electrons. The van der Waals surface area contributed by atoms with Crippen LogP contribution in [-0.2, 0) is 11.2 Å². The molecule has 1 aromatic heterocycles. The zero-order valence-corrected chi connectivity index (χ0v) is 13.8. The van der Waals surface area contributed by atoms with Crippen molar-refractivity contribution < 1.29 is 26.5 Å². The van der Waals surface area contributed by atoms with E-state index in [2.05, 4.69) is 4.98 Å². The third-order valence-electron chi connectivity index (χ3n) is 3.65. The van der Waals surface area contributed by atoms with Gasteiger partial charge >= 0.3 is 5.51 Å². The minimum absolute atomic E-state index is 0.0562. The number of aromatic amines is 1. The average molecular weight is 398 g/mol. The van der Waals surface area contributed by atoms with Crippen LogP contribution in [0.5, 0.6) is 0 Å². The number of hydrogen-bond donors (Lipinski definition) is 1. The Hall–Kier alpha value is -2.90. The number of nitriles is 1. The molecule has 138 valence electrons. The summed E-state index contributed by atoms with van der Waals surface area (Å²) >= 11 is -3.45. The fraction of sp³-hybridized carbons (Fsp3) is 0.0588. The third-order valence-corrected chi connectivity index (χ3v) is 4.83.